The molecule has 1 aliphatic rings. The Morgan fingerprint density at radius 3 is 2.94 bits per heavy atom. The van der Waals surface area contributed by atoms with Gasteiger partial charge in [-0.2, -0.15) is 0 Å². The average Bonchev–Trinajstić information content (AvgIpc) is 2.61. The lowest BCUT2D eigenvalue weighted by Gasteiger charge is -2.16. The summed E-state index contributed by atoms with van der Waals surface area (Å²) in [4.78, 5) is 31.7. The highest BCUT2D eigenvalue weighted by Gasteiger charge is 2.35. The summed E-state index contributed by atoms with van der Waals surface area (Å²) < 4.78 is 0. The largest absolute Gasteiger partial charge is 0.481 e. The zero-order chi connectivity index (χ0) is 11.7. The fourth-order valence-corrected chi connectivity index (χ4v) is 1.75. The number of carboxylic acid groups (broad SMARTS) is 1. The minimum atomic E-state index is -0.939. The van der Waals surface area contributed by atoms with Crippen LogP contribution < -0.4 is 4.90 Å². The molecule has 1 unspecified atom stereocenters. The van der Waals surface area contributed by atoms with Gasteiger partial charge in [0, 0.05) is 13.0 Å². The van der Waals surface area contributed by atoms with E-state index in [0.717, 1.165) is 0 Å². The Kier molecular flexibility index (Phi) is 2.55. The molecule has 0 bridgehead atoms. The number of hydrogen-bond donors (Lipinski definition) is 1. The van der Waals surface area contributed by atoms with Gasteiger partial charge in [-0.1, -0.05) is 0 Å². The molecule has 0 aromatic carbocycles. The van der Waals surface area contributed by atoms with Crippen LogP contribution in [0.3, 0.4) is 0 Å². The highest BCUT2D eigenvalue weighted by Crippen LogP contribution is 2.25. The molecule has 0 spiro atoms. The Labute approximate surface area is 91.9 Å². The summed E-state index contributed by atoms with van der Waals surface area (Å²) in [6.07, 6.45) is 2.97. The number of carbonyl (C=O) groups excluding carboxylic acids is 1. The Morgan fingerprint density at radius 2 is 2.38 bits per heavy atom. The second kappa shape index (κ2) is 3.88. The van der Waals surface area contributed by atoms with E-state index in [0.29, 0.717) is 11.4 Å². The maximum absolute atomic E-state index is 11.6. The minimum Gasteiger partial charge on any atom is -0.481 e. The lowest BCUT2D eigenvalue weighted by atomic mass is 10.1. The van der Waals surface area contributed by atoms with Crippen LogP contribution in [0.15, 0.2) is 12.5 Å². The molecular weight excluding hydrogens is 210 g/mol. The number of aliphatic carboxylic acids is 1. The molecule has 1 aromatic rings. The Balaban J connectivity index is 2.27. The van der Waals surface area contributed by atoms with E-state index in [9.17, 15) is 9.59 Å². The van der Waals surface area contributed by atoms with Crippen molar-refractivity contribution in [3.63, 3.8) is 0 Å². The van der Waals surface area contributed by atoms with E-state index in [-0.39, 0.29) is 18.9 Å². The predicted octanol–water partition coefficient (Wildman–Crippen LogP) is 0.223. The van der Waals surface area contributed by atoms with Gasteiger partial charge in [0.1, 0.15) is 6.33 Å². The molecule has 84 valence electrons. The summed E-state index contributed by atoms with van der Waals surface area (Å²) in [5.41, 5.74) is 1.27. The Bertz CT molecular complexity index is 447. The van der Waals surface area contributed by atoms with Gasteiger partial charge in [-0.15, -0.1) is 0 Å². The van der Waals surface area contributed by atoms with Crippen molar-refractivity contribution in [2.45, 2.75) is 13.3 Å². The number of nitrogens with zero attached hydrogens (tertiary/aromatic N) is 3. The van der Waals surface area contributed by atoms with Crippen LogP contribution >= 0.6 is 0 Å². The third kappa shape index (κ3) is 1.73. The van der Waals surface area contributed by atoms with E-state index in [1.54, 1.807) is 6.92 Å². The van der Waals surface area contributed by atoms with Crippen molar-refractivity contribution in [1.29, 1.82) is 0 Å². The van der Waals surface area contributed by atoms with Crippen LogP contribution in [-0.2, 0) is 9.59 Å². The molecule has 1 aromatic heterocycles. The van der Waals surface area contributed by atoms with Crippen LogP contribution in [0.1, 0.15) is 12.1 Å². The normalized spacial score (nSPS) is 20.2. The molecule has 1 atom stereocenters. The molecular formula is C10H11N3O3. The van der Waals surface area contributed by atoms with E-state index >= 15 is 0 Å². The van der Waals surface area contributed by atoms with Gasteiger partial charge in [-0.25, -0.2) is 9.97 Å². The first-order valence-electron chi connectivity index (χ1n) is 4.89. The quantitative estimate of drug-likeness (QED) is 0.772. The molecule has 1 aliphatic heterocycles. The number of carbonyl (C=O) groups is 2. The van der Waals surface area contributed by atoms with Crippen LogP contribution in [0.25, 0.3) is 0 Å². The van der Waals surface area contributed by atoms with Crippen LogP contribution in [0.4, 0.5) is 5.69 Å². The maximum Gasteiger partial charge on any atom is 0.308 e. The third-order valence-corrected chi connectivity index (χ3v) is 2.65. The zero-order valence-corrected chi connectivity index (χ0v) is 8.75. The van der Waals surface area contributed by atoms with Crippen molar-refractivity contribution in [3.8, 4) is 0 Å². The first-order chi connectivity index (χ1) is 7.59. The third-order valence-electron chi connectivity index (χ3n) is 2.65. The highest BCUT2D eigenvalue weighted by molar-refractivity contribution is 5.99. The number of carboxylic acids is 1. The second-order valence-corrected chi connectivity index (χ2v) is 3.74. The van der Waals surface area contributed by atoms with Crippen LogP contribution in [0, 0.1) is 12.8 Å². The minimum absolute atomic E-state index is 0.0453. The summed E-state index contributed by atoms with van der Waals surface area (Å²) in [7, 11) is 0. The Hall–Kier alpha value is -1.98. The van der Waals surface area contributed by atoms with Crippen LogP contribution in [-0.4, -0.2) is 33.5 Å². The SMILES string of the molecule is Cc1ncncc1N1CC(C(=O)O)CC1=O. The molecule has 2 rings (SSSR count). The van der Waals surface area contributed by atoms with Gasteiger partial charge < -0.3 is 10.0 Å². The molecule has 6 heteroatoms. The van der Waals surface area contributed by atoms with Crippen molar-refractivity contribution in [2.24, 2.45) is 5.92 Å². The first-order valence-corrected chi connectivity index (χ1v) is 4.89. The van der Waals surface area contributed by atoms with Crippen molar-refractivity contribution >= 4 is 17.6 Å². The average molecular weight is 221 g/mol. The molecule has 2 heterocycles. The lowest BCUT2D eigenvalue weighted by molar-refractivity contribution is -0.141. The molecule has 16 heavy (non-hydrogen) atoms. The molecule has 0 radical (unpaired) electrons. The zero-order valence-electron chi connectivity index (χ0n) is 8.75. The van der Waals surface area contributed by atoms with Gasteiger partial charge in [0.05, 0.1) is 23.5 Å². The summed E-state index contributed by atoms with van der Waals surface area (Å²) in [6, 6.07) is 0. The molecule has 1 amide bonds. The summed E-state index contributed by atoms with van der Waals surface area (Å²) in [5, 5.41) is 8.85. The van der Waals surface area contributed by atoms with Crippen LogP contribution in [0.2, 0.25) is 0 Å². The lowest BCUT2D eigenvalue weighted by Crippen LogP contribution is -2.26. The van der Waals surface area contributed by atoms with Crippen molar-refractivity contribution in [3.05, 3.63) is 18.2 Å². The Morgan fingerprint density at radius 1 is 1.62 bits per heavy atom. The molecule has 0 aliphatic carbocycles. The molecule has 1 saturated heterocycles. The number of anilines is 1. The number of aryl methyl sites for hydroxylation is 1. The first kappa shape index (κ1) is 10.5. The number of amides is 1. The molecule has 0 saturated carbocycles. The van der Waals surface area contributed by atoms with E-state index in [4.69, 9.17) is 5.11 Å². The summed E-state index contributed by atoms with van der Waals surface area (Å²) in [6.45, 7) is 1.96. The van der Waals surface area contributed by atoms with E-state index in [1.807, 2.05) is 0 Å². The predicted molar refractivity (Wildman–Crippen MR) is 54.9 cm³/mol. The van der Waals surface area contributed by atoms with Crippen molar-refractivity contribution < 1.29 is 14.7 Å². The fraction of sp³-hybridized carbons (Fsp3) is 0.400. The smallest absolute Gasteiger partial charge is 0.308 e. The molecule has 1 fully saturated rings. The summed E-state index contributed by atoms with van der Waals surface area (Å²) in [5.74, 6) is -1.76. The van der Waals surface area contributed by atoms with Gasteiger partial charge >= 0.3 is 5.97 Å². The number of aromatic nitrogens is 2. The van der Waals surface area contributed by atoms with Crippen LogP contribution in [0.5, 0.6) is 0 Å². The van der Waals surface area contributed by atoms with Gasteiger partial charge in [-0.3, -0.25) is 9.59 Å². The standard InChI is InChI=1S/C10H11N3O3/c1-6-8(3-11-5-12-6)13-4-7(10(15)16)2-9(13)14/h3,5,7H,2,4H2,1H3,(H,15,16). The molecule has 1 N–H and O–H groups in total. The van der Waals surface area contributed by atoms with Gasteiger partial charge in [-0.05, 0) is 6.92 Å². The fourth-order valence-electron chi connectivity index (χ4n) is 1.75. The second-order valence-electron chi connectivity index (χ2n) is 3.74. The monoisotopic (exact) mass is 221 g/mol. The number of rotatable bonds is 2. The highest BCUT2D eigenvalue weighted by atomic mass is 16.4. The van der Waals surface area contributed by atoms with E-state index < -0.39 is 11.9 Å². The summed E-state index contributed by atoms with van der Waals surface area (Å²) >= 11 is 0. The maximum atomic E-state index is 11.6. The molecule has 6 nitrogen and oxygen atoms in total. The van der Waals surface area contributed by atoms with E-state index in [1.165, 1.54) is 17.4 Å². The van der Waals surface area contributed by atoms with E-state index in [2.05, 4.69) is 9.97 Å². The van der Waals surface area contributed by atoms with Gasteiger partial charge in [0.2, 0.25) is 5.91 Å². The van der Waals surface area contributed by atoms with Crippen molar-refractivity contribution in [2.75, 3.05) is 11.4 Å². The van der Waals surface area contributed by atoms with Crippen molar-refractivity contribution in [1.82, 2.24) is 9.97 Å². The number of hydrogen-bond acceptors (Lipinski definition) is 4. The van der Waals surface area contributed by atoms with Gasteiger partial charge in [0.15, 0.2) is 0 Å². The topological polar surface area (TPSA) is 83.4 Å². The van der Waals surface area contributed by atoms with Gasteiger partial charge in [0.25, 0.3) is 0 Å².